The van der Waals surface area contributed by atoms with Gasteiger partial charge in [0.05, 0.1) is 49.3 Å². The van der Waals surface area contributed by atoms with Crippen molar-refractivity contribution in [1.29, 1.82) is 0 Å². The van der Waals surface area contributed by atoms with E-state index in [1.807, 2.05) is 6.92 Å². The molecule has 0 bridgehead atoms. The summed E-state index contributed by atoms with van der Waals surface area (Å²) in [5.41, 5.74) is -1.21. The molecule has 5 rings (SSSR count). The van der Waals surface area contributed by atoms with Crippen LogP contribution in [0.25, 0.3) is 0 Å². The molecule has 184 valence electrons. The minimum atomic E-state index is -2.55. The van der Waals surface area contributed by atoms with E-state index >= 15 is 0 Å². The van der Waals surface area contributed by atoms with Crippen molar-refractivity contribution in [3.05, 3.63) is 0 Å². The van der Waals surface area contributed by atoms with Gasteiger partial charge in [0, 0.05) is 29.3 Å². The van der Waals surface area contributed by atoms with Gasteiger partial charge in [0.25, 0.3) is 0 Å². The molecule has 0 aromatic carbocycles. The Hall–Kier alpha value is -0.0631. The summed E-state index contributed by atoms with van der Waals surface area (Å²) in [4.78, 5) is 0. The molecule has 5 fully saturated rings. The van der Waals surface area contributed by atoms with Crippen molar-refractivity contribution in [2.75, 3.05) is 13.2 Å². The zero-order valence-corrected chi connectivity index (χ0v) is 22.0. The molecule has 0 unspecified atom stereocenters. The van der Waals surface area contributed by atoms with Gasteiger partial charge in [0.2, 0.25) is 0 Å². The quantitative estimate of drug-likeness (QED) is 0.464. The van der Waals surface area contributed by atoms with E-state index in [0.717, 1.165) is 12.8 Å². The lowest BCUT2D eigenvalue weighted by Crippen LogP contribution is -2.71. The summed E-state index contributed by atoms with van der Waals surface area (Å²) in [6, 6.07) is 0. The van der Waals surface area contributed by atoms with E-state index in [2.05, 4.69) is 48.5 Å². The van der Waals surface area contributed by atoms with Crippen LogP contribution >= 0.6 is 0 Å². The zero-order valence-electron chi connectivity index (χ0n) is 21.0. The van der Waals surface area contributed by atoms with Crippen LogP contribution in [0.5, 0.6) is 0 Å². The van der Waals surface area contributed by atoms with E-state index < -0.39 is 25.9 Å². The summed E-state index contributed by atoms with van der Waals surface area (Å²) < 4.78 is 38.8. The maximum absolute atomic E-state index is 10.9. The SMILES string of the molecule is CC(C)(C)[Si]1(C(C)(C)C)OC[C@H]2O[C@H]3C[C@@]4(C)O[C@@](C)([C@@H]5CO5)[C@H](O)C[C@@H]4O[C@@H]3C[C@@H]2O1. The number of rotatable bonds is 1. The van der Waals surface area contributed by atoms with Crippen LogP contribution in [-0.4, -0.2) is 80.8 Å². The van der Waals surface area contributed by atoms with Crippen molar-refractivity contribution in [3.8, 4) is 0 Å². The van der Waals surface area contributed by atoms with Gasteiger partial charge in [-0.25, -0.2) is 0 Å². The average Bonchev–Trinajstić information content (AvgIpc) is 3.49. The maximum atomic E-state index is 10.9. The van der Waals surface area contributed by atoms with E-state index in [9.17, 15) is 5.11 Å². The molecule has 0 radical (unpaired) electrons. The third-order valence-electron chi connectivity index (χ3n) is 8.54. The topological polar surface area (TPSA) is 78.9 Å². The Morgan fingerprint density at radius 3 is 2.06 bits per heavy atom. The molecule has 0 amide bonds. The number of aliphatic hydroxyl groups is 1. The molecule has 32 heavy (non-hydrogen) atoms. The molecule has 1 N–H and O–H groups in total. The van der Waals surface area contributed by atoms with Gasteiger partial charge >= 0.3 is 8.56 Å². The standard InChI is InChI=1S/C24H42O7Si/c1-21(2,3)32(22(4,5)6)27-12-17-15(30-32)9-14-16(28-17)11-23(7)19(29-14)10-18(25)24(8,31-23)20-13-26-20/h14-20,25H,9-13H2,1-8H3/t14-,15+,16+,17-,18-,19+,20+,23-,24-/m1/s1. The molecule has 9 atom stereocenters. The largest absolute Gasteiger partial charge is 0.391 e. The summed E-state index contributed by atoms with van der Waals surface area (Å²) in [5.74, 6) is 0. The first kappa shape index (κ1) is 23.7. The Morgan fingerprint density at radius 2 is 1.47 bits per heavy atom. The third-order valence-corrected chi connectivity index (χ3v) is 13.7. The first-order chi connectivity index (χ1) is 14.7. The second kappa shape index (κ2) is 7.23. The van der Waals surface area contributed by atoms with Gasteiger partial charge in [-0.05, 0) is 13.8 Å². The van der Waals surface area contributed by atoms with Gasteiger partial charge in [0.1, 0.15) is 17.8 Å². The van der Waals surface area contributed by atoms with E-state index in [1.165, 1.54) is 0 Å². The summed E-state index contributed by atoms with van der Waals surface area (Å²) in [6.45, 7) is 18.7. The summed E-state index contributed by atoms with van der Waals surface area (Å²) in [7, 11) is -2.55. The molecule has 8 heteroatoms. The smallest absolute Gasteiger partial charge is 0.349 e. The normalized spacial score (nSPS) is 50.7. The number of fused-ring (bicyclic) bond motifs is 3. The number of hydrogen-bond donors (Lipinski definition) is 1. The fourth-order valence-electron chi connectivity index (χ4n) is 6.85. The van der Waals surface area contributed by atoms with Gasteiger partial charge in [0.15, 0.2) is 0 Å². The molecule has 5 aliphatic heterocycles. The summed E-state index contributed by atoms with van der Waals surface area (Å²) >= 11 is 0. The minimum Gasteiger partial charge on any atom is -0.391 e. The van der Waals surface area contributed by atoms with E-state index in [-0.39, 0.29) is 46.7 Å². The fourth-order valence-corrected chi connectivity index (χ4v) is 11.8. The Kier molecular flexibility index (Phi) is 5.35. The molecule has 0 spiro atoms. The molecular weight excluding hydrogens is 428 g/mol. The Balaban J connectivity index is 1.34. The number of epoxide rings is 1. The van der Waals surface area contributed by atoms with E-state index in [1.54, 1.807) is 0 Å². The minimum absolute atomic E-state index is 0.0287. The van der Waals surface area contributed by atoms with Crippen molar-refractivity contribution < 1.29 is 32.9 Å². The van der Waals surface area contributed by atoms with Crippen LogP contribution in [0.3, 0.4) is 0 Å². The molecule has 5 aliphatic rings. The van der Waals surface area contributed by atoms with Gasteiger partial charge in [-0.3, -0.25) is 0 Å². The van der Waals surface area contributed by atoms with Gasteiger partial charge in [-0.2, -0.15) is 0 Å². The van der Waals surface area contributed by atoms with Crippen molar-refractivity contribution in [2.45, 2.75) is 139 Å². The van der Waals surface area contributed by atoms with Crippen LogP contribution in [-0.2, 0) is 27.8 Å². The lowest BCUT2D eigenvalue weighted by atomic mass is 9.75. The molecular formula is C24H42O7Si. The fraction of sp³-hybridized carbons (Fsp3) is 1.00. The lowest BCUT2D eigenvalue weighted by molar-refractivity contribution is -0.338. The highest BCUT2D eigenvalue weighted by Gasteiger charge is 2.65. The van der Waals surface area contributed by atoms with Crippen molar-refractivity contribution in [2.24, 2.45) is 0 Å². The van der Waals surface area contributed by atoms with Gasteiger partial charge < -0.3 is 32.9 Å². The van der Waals surface area contributed by atoms with Crippen molar-refractivity contribution in [1.82, 2.24) is 0 Å². The third kappa shape index (κ3) is 3.47. The Labute approximate surface area is 193 Å². The first-order valence-electron chi connectivity index (χ1n) is 12.3. The first-order valence-corrected chi connectivity index (χ1v) is 14.1. The molecule has 5 heterocycles. The van der Waals surface area contributed by atoms with E-state index in [4.69, 9.17) is 27.8 Å². The number of aliphatic hydroxyl groups excluding tert-OH is 1. The Morgan fingerprint density at radius 1 is 0.812 bits per heavy atom. The number of ether oxygens (including phenoxy) is 4. The second-order valence-electron chi connectivity index (χ2n) is 13.1. The van der Waals surface area contributed by atoms with E-state index in [0.29, 0.717) is 19.6 Å². The summed E-state index contributed by atoms with van der Waals surface area (Å²) in [6.07, 6.45) is 1.03. The molecule has 5 saturated heterocycles. The molecule has 0 aromatic heterocycles. The molecule has 7 nitrogen and oxygen atoms in total. The van der Waals surface area contributed by atoms with Crippen molar-refractivity contribution in [3.63, 3.8) is 0 Å². The van der Waals surface area contributed by atoms with Crippen molar-refractivity contribution >= 4 is 8.56 Å². The average molecular weight is 471 g/mol. The van der Waals surface area contributed by atoms with Gasteiger partial charge in [-0.1, -0.05) is 41.5 Å². The highest BCUT2D eigenvalue weighted by atomic mass is 28.4. The van der Waals surface area contributed by atoms with Crippen LogP contribution in [0.15, 0.2) is 0 Å². The molecule has 0 aliphatic carbocycles. The monoisotopic (exact) mass is 470 g/mol. The summed E-state index contributed by atoms with van der Waals surface area (Å²) in [5, 5.41) is 10.8. The highest BCUT2D eigenvalue weighted by Crippen LogP contribution is 2.56. The van der Waals surface area contributed by atoms with Crippen LogP contribution < -0.4 is 0 Å². The van der Waals surface area contributed by atoms with Crippen LogP contribution in [0.4, 0.5) is 0 Å². The van der Waals surface area contributed by atoms with Crippen LogP contribution in [0.2, 0.25) is 10.1 Å². The second-order valence-corrected chi connectivity index (χ2v) is 17.8. The molecule has 0 saturated carbocycles. The lowest BCUT2D eigenvalue weighted by Gasteiger charge is -2.60. The molecule has 0 aromatic rings. The predicted molar refractivity (Wildman–Crippen MR) is 121 cm³/mol. The highest BCUT2D eigenvalue weighted by molar-refractivity contribution is 6.73. The Bertz CT molecular complexity index is 730. The predicted octanol–water partition coefficient (Wildman–Crippen LogP) is 3.46. The van der Waals surface area contributed by atoms with Gasteiger partial charge in [-0.15, -0.1) is 0 Å². The number of hydrogen-bond acceptors (Lipinski definition) is 7. The zero-order chi connectivity index (χ0) is 23.3. The maximum Gasteiger partial charge on any atom is 0.349 e. The van der Waals surface area contributed by atoms with Crippen LogP contribution in [0.1, 0.15) is 74.7 Å². The van der Waals surface area contributed by atoms with Crippen LogP contribution in [0, 0.1) is 0 Å².